The number of hydrogen-bond acceptors (Lipinski definition) is 4. The van der Waals surface area contributed by atoms with Gasteiger partial charge in [-0.05, 0) is 31.0 Å². The molecular formula is C15H19N3O3. The van der Waals surface area contributed by atoms with E-state index in [2.05, 4.69) is 10.3 Å². The highest BCUT2D eigenvalue weighted by Crippen LogP contribution is 2.20. The normalized spacial score (nSPS) is 16.4. The number of fused-ring (bicyclic) bond motifs is 1. The molecule has 1 saturated carbocycles. The minimum absolute atomic E-state index is 0.249. The molecule has 1 N–H and O–H groups in total. The Morgan fingerprint density at radius 2 is 2.14 bits per heavy atom. The molecule has 2 aromatic rings. The molecule has 1 heterocycles. The molecule has 1 aromatic heterocycles. The molecule has 0 unspecified atom stereocenters. The molecule has 0 amide bonds. The van der Waals surface area contributed by atoms with Crippen LogP contribution in [0.1, 0.15) is 42.5 Å². The molecule has 6 heteroatoms. The maximum atomic E-state index is 11.0. The van der Waals surface area contributed by atoms with Gasteiger partial charge in [0.15, 0.2) is 0 Å². The third-order valence-electron chi connectivity index (χ3n) is 3.97. The van der Waals surface area contributed by atoms with Gasteiger partial charge in [0.2, 0.25) is 0 Å². The zero-order chi connectivity index (χ0) is 14.7. The van der Waals surface area contributed by atoms with Crippen molar-refractivity contribution < 1.29 is 14.6 Å². The zero-order valence-corrected chi connectivity index (χ0v) is 11.9. The van der Waals surface area contributed by atoms with Crippen molar-refractivity contribution in [1.82, 2.24) is 15.0 Å². The number of carboxylic acid groups (broad SMARTS) is 1. The van der Waals surface area contributed by atoms with Gasteiger partial charge in [0.1, 0.15) is 5.52 Å². The van der Waals surface area contributed by atoms with Gasteiger partial charge in [-0.3, -0.25) is 0 Å². The summed E-state index contributed by atoms with van der Waals surface area (Å²) in [7, 11) is 0. The topological polar surface area (TPSA) is 77.2 Å². The molecule has 6 nitrogen and oxygen atoms in total. The predicted molar refractivity (Wildman–Crippen MR) is 77.3 cm³/mol. The number of aromatic nitrogens is 3. The number of aromatic carboxylic acids is 1. The van der Waals surface area contributed by atoms with Crippen LogP contribution in [0.3, 0.4) is 0 Å². The summed E-state index contributed by atoms with van der Waals surface area (Å²) in [6, 6.07) is 4.84. The summed E-state index contributed by atoms with van der Waals surface area (Å²) < 4.78 is 7.59. The second-order valence-electron chi connectivity index (χ2n) is 5.45. The van der Waals surface area contributed by atoms with Gasteiger partial charge in [-0.15, -0.1) is 5.10 Å². The molecular weight excluding hydrogens is 270 g/mol. The Hall–Kier alpha value is -1.95. The van der Waals surface area contributed by atoms with E-state index in [0.717, 1.165) is 18.4 Å². The smallest absolute Gasteiger partial charge is 0.335 e. The Morgan fingerprint density at radius 1 is 1.33 bits per heavy atom. The Balaban J connectivity index is 1.65. The summed E-state index contributed by atoms with van der Waals surface area (Å²) in [4.78, 5) is 11.0. The minimum atomic E-state index is -0.942. The highest BCUT2D eigenvalue weighted by atomic mass is 16.5. The Morgan fingerprint density at radius 3 is 2.90 bits per heavy atom. The molecule has 0 saturated heterocycles. The Labute approximate surface area is 122 Å². The van der Waals surface area contributed by atoms with E-state index in [-0.39, 0.29) is 5.56 Å². The quantitative estimate of drug-likeness (QED) is 0.915. The minimum Gasteiger partial charge on any atom is -0.478 e. The molecule has 0 atom stereocenters. The zero-order valence-electron chi connectivity index (χ0n) is 11.9. The Bertz CT molecular complexity index is 632. The molecule has 0 radical (unpaired) electrons. The number of ether oxygens (including phenoxy) is 1. The number of benzene rings is 1. The van der Waals surface area contributed by atoms with Crippen molar-refractivity contribution in [2.75, 3.05) is 6.61 Å². The lowest BCUT2D eigenvalue weighted by atomic mass is 9.98. The number of rotatable bonds is 5. The van der Waals surface area contributed by atoms with Crippen LogP contribution in [0.2, 0.25) is 0 Å². The second kappa shape index (κ2) is 6.22. The fourth-order valence-electron chi connectivity index (χ4n) is 2.80. The highest BCUT2D eigenvalue weighted by Gasteiger charge is 2.14. The van der Waals surface area contributed by atoms with Crippen molar-refractivity contribution in [2.24, 2.45) is 0 Å². The molecule has 112 valence electrons. The van der Waals surface area contributed by atoms with E-state index in [1.54, 1.807) is 22.9 Å². The summed E-state index contributed by atoms with van der Waals surface area (Å²) in [5.41, 5.74) is 1.69. The Kier molecular flexibility index (Phi) is 4.15. The van der Waals surface area contributed by atoms with Crippen molar-refractivity contribution in [1.29, 1.82) is 0 Å². The molecule has 0 spiro atoms. The summed E-state index contributed by atoms with van der Waals surface area (Å²) in [5, 5.41) is 17.2. The fourth-order valence-corrected chi connectivity index (χ4v) is 2.80. The second-order valence-corrected chi connectivity index (χ2v) is 5.45. The van der Waals surface area contributed by atoms with E-state index in [1.165, 1.54) is 19.3 Å². The van der Waals surface area contributed by atoms with Crippen LogP contribution >= 0.6 is 0 Å². The van der Waals surface area contributed by atoms with Gasteiger partial charge in [0.05, 0.1) is 30.3 Å². The number of carbonyl (C=O) groups is 1. The standard InChI is InChI=1S/C15H19N3O3/c19-15(20)11-6-7-13-14(10-11)18(17-16-13)8-9-21-12-4-2-1-3-5-12/h6-7,10,12H,1-5,8-9H2,(H,19,20). The lowest BCUT2D eigenvalue weighted by molar-refractivity contribution is 0.0231. The van der Waals surface area contributed by atoms with Crippen LogP contribution in [0.25, 0.3) is 11.0 Å². The fraction of sp³-hybridized carbons (Fsp3) is 0.533. The van der Waals surface area contributed by atoms with E-state index < -0.39 is 5.97 Å². The van der Waals surface area contributed by atoms with Crippen LogP contribution in [0.5, 0.6) is 0 Å². The van der Waals surface area contributed by atoms with Gasteiger partial charge < -0.3 is 9.84 Å². The monoisotopic (exact) mass is 289 g/mol. The van der Waals surface area contributed by atoms with Crippen LogP contribution in [0.15, 0.2) is 18.2 Å². The third kappa shape index (κ3) is 3.21. The van der Waals surface area contributed by atoms with Gasteiger partial charge in [-0.1, -0.05) is 24.5 Å². The number of hydrogen-bond donors (Lipinski definition) is 1. The lowest BCUT2D eigenvalue weighted by Crippen LogP contribution is -2.19. The largest absolute Gasteiger partial charge is 0.478 e. The highest BCUT2D eigenvalue weighted by molar-refractivity contribution is 5.92. The lowest BCUT2D eigenvalue weighted by Gasteiger charge is -2.21. The van der Waals surface area contributed by atoms with Crippen molar-refractivity contribution in [3.8, 4) is 0 Å². The first kappa shape index (κ1) is 14.0. The first-order valence-corrected chi connectivity index (χ1v) is 7.42. The van der Waals surface area contributed by atoms with E-state index in [1.807, 2.05) is 0 Å². The molecule has 1 aliphatic carbocycles. The first-order valence-electron chi connectivity index (χ1n) is 7.42. The van der Waals surface area contributed by atoms with E-state index in [9.17, 15) is 4.79 Å². The summed E-state index contributed by atoms with van der Waals surface area (Å²) in [6.07, 6.45) is 6.45. The van der Waals surface area contributed by atoms with Gasteiger partial charge in [0.25, 0.3) is 0 Å². The summed E-state index contributed by atoms with van der Waals surface area (Å²) >= 11 is 0. The molecule has 1 fully saturated rings. The van der Waals surface area contributed by atoms with Gasteiger partial charge >= 0.3 is 5.97 Å². The third-order valence-corrected chi connectivity index (χ3v) is 3.97. The van der Waals surface area contributed by atoms with E-state index in [4.69, 9.17) is 9.84 Å². The summed E-state index contributed by atoms with van der Waals surface area (Å²) in [5.74, 6) is -0.942. The number of carboxylic acids is 1. The van der Waals surface area contributed by atoms with Gasteiger partial charge in [0, 0.05) is 0 Å². The van der Waals surface area contributed by atoms with E-state index >= 15 is 0 Å². The maximum Gasteiger partial charge on any atom is 0.335 e. The van der Waals surface area contributed by atoms with Crippen LogP contribution in [0.4, 0.5) is 0 Å². The SMILES string of the molecule is O=C(O)c1ccc2nnn(CCOC3CCCCC3)c2c1. The van der Waals surface area contributed by atoms with Crippen molar-refractivity contribution >= 4 is 17.0 Å². The predicted octanol–water partition coefficient (Wildman–Crippen LogP) is 2.48. The molecule has 1 aromatic carbocycles. The van der Waals surface area contributed by atoms with Crippen LogP contribution in [0, 0.1) is 0 Å². The van der Waals surface area contributed by atoms with Crippen LogP contribution < -0.4 is 0 Å². The summed E-state index contributed by atoms with van der Waals surface area (Å²) in [6.45, 7) is 1.18. The van der Waals surface area contributed by atoms with Gasteiger partial charge in [-0.25, -0.2) is 9.48 Å². The van der Waals surface area contributed by atoms with Crippen LogP contribution in [-0.4, -0.2) is 38.8 Å². The number of nitrogens with zero attached hydrogens (tertiary/aromatic N) is 3. The average molecular weight is 289 g/mol. The first-order chi connectivity index (χ1) is 10.2. The van der Waals surface area contributed by atoms with Crippen LogP contribution in [-0.2, 0) is 11.3 Å². The average Bonchev–Trinajstić information content (AvgIpc) is 2.91. The molecule has 0 aliphatic heterocycles. The van der Waals surface area contributed by atoms with Crippen molar-refractivity contribution in [3.63, 3.8) is 0 Å². The molecule has 1 aliphatic rings. The van der Waals surface area contributed by atoms with E-state index in [0.29, 0.717) is 24.8 Å². The van der Waals surface area contributed by atoms with Gasteiger partial charge in [-0.2, -0.15) is 0 Å². The van der Waals surface area contributed by atoms with Crippen molar-refractivity contribution in [3.05, 3.63) is 23.8 Å². The molecule has 21 heavy (non-hydrogen) atoms. The molecule has 3 rings (SSSR count). The van der Waals surface area contributed by atoms with Crippen molar-refractivity contribution in [2.45, 2.75) is 44.8 Å². The molecule has 0 bridgehead atoms. The maximum absolute atomic E-state index is 11.0.